The van der Waals surface area contributed by atoms with Crippen molar-refractivity contribution >= 4 is 21.6 Å². The Bertz CT molecular complexity index is 606. The third kappa shape index (κ3) is 1.79. The van der Waals surface area contributed by atoms with Crippen LogP contribution in [0.3, 0.4) is 0 Å². The molecule has 0 unspecified atom stereocenters. The van der Waals surface area contributed by atoms with E-state index in [1.165, 1.54) is 6.33 Å². The third-order valence-corrected chi connectivity index (χ3v) is 2.97. The van der Waals surface area contributed by atoms with Gasteiger partial charge in [-0.2, -0.15) is 0 Å². The van der Waals surface area contributed by atoms with E-state index in [9.17, 15) is 0 Å². The number of hydrogen-bond donors (Lipinski definition) is 0. The maximum Gasteiger partial charge on any atom is 0.174 e. The van der Waals surface area contributed by atoms with Gasteiger partial charge in [0, 0.05) is 25.6 Å². The van der Waals surface area contributed by atoms with Crippen molar-refractivity contribution in [2.75, 3.05) is 0 Å². The molecule has 0 aliphatic carbocycles. The van der Waals surface area contributed by atoms with E-state index in [0.717, 1.165) is 20.8 Å². The van der Waals surface area contributed by atoms with Crippen LogP contribution in [0.4, 0.5) is 0 Å². The van der Waals surface area contributed by atoms with Crippen molar-refractivity contribution in [3.8, 4) is 11.5 Å². The molecule has 0 bridgehead atoms. The molecule has 4 nitrogen and oxygen atoms in total. The first-order chi connectivity index (χ1) is 7.34. The number of nitrogens with zero attached hydrogens (tertiary/aromatic N) is 3. The van der Waals surface area contributed by atoms with Gasteiger partial charge in [-0.05, 0) is 11.6 Å². The van der Waals surface area contributed by atoms with E-state index >= 15 is 0 Å². The molecule has 0 amide bonds. The minimum Gasteiger partial charge on any atom is -0.382 e. The molecule has 83 valence electrons. The molecule has 0 N–H and O–H groups in total. The van der Waals surface area contributed by atoms with Gasteiger partial charge in [-0.3, -0.25) is 4.98 Å². The van der Waals surface area contributed by atoms with Gasteiger partial charge in [0.15, 0.2) is 5.89 Å². The van der Waals surface area contributed by atoms with Crippen LogP contribution < -0.4 is 0 Å². The van der Waals surface area contributed by atoms with Crippen LogP contribution in [0, 0.1) is 13.0 Å². The maximum atomic E-state index is 5.01. The molecule has 0 spiro atoms. The van der Waals surface area contributed by atoms with Gasteiger partial charge in [-0.1, -0.05) is 10.7 Å². The monoisotopic (exact) mass is 409 g/mol. The quantitative estimate of drug-likeness (QED) is 0.581. The summed E-state index contributed by atoms with van der Waals surface area (Å²) in [4.78, 5) is 8.43. The van der Waals surface area contributed by atoms with Crippen LogP contribution in [0.15, 0.2) is 23.0 Å². The van der Waals surface area contributed by atoms with E-state index in [2.05, 4.69) is 21.2 Å². The second-order valence-electron chi connectivity index (χ2n) is 3.04. The molecule has 1 radical (unpaired) electrons. The van der Waals surface area contributed by atoms with Crippen LogP contribution in [0.5, 0.6) is 0 Å². The van der Waals surface area contributed by atoms with E-state index in [1.54, 1.807) is 11.3 Å². The number of aromatic nitrogens is 3. The normalized spacial score (nSPS) is 10.3. The van der Waals surface area contributed by atoms with E-state index in [4.69, 9.17) is 4.52 Å². The van der Waals surface area contributed by atoms with Gasteiger partial charge in [0.1, 0.15) is 6.33 Å². The average molecular weight is 408 g/mol. The fourth-order valence-corrected chi connectivity index (χ4v) is 2.29. The van der Waals surface area contributed by atoms with Crippen LogP contribution in [-0.4, -0.2) is 15.1 Å². The predicted octanol–water partition coefficient (Wildman–Crippen LogP) is 2.45. The summed E-state index contributed by atoms with van der Waals surface area (Å²) in [6.07, 6.45) is 1.38. The number of rotatable bonds is 1. The standard InChI is InChI=1S/C10H6N3OS.Ir/c1-6-13-9-7(10-11-5-12-14-10)3-2-4-8(9)15-6;/h2,4-5H,1H3;/q-1;. The molecule has 0 saturated carbocycles. The number of hydrogen-bond acceptors (Lipinski definition) is 5. The van der Waals surface area contributed by atoms with Crippen LogP contribution in [-0.2, 0) is 20.1 Å². The van der Waals surface area contributed by atoms with Crippen molar-refractivity contribution in [1.29, 1.82) is 0 Å². The Kier molecular flexibility index (Phi) is 3.14. The van der Waals surface area contributed by atoms with Crippen LogP contribution >= 0.6 is 11.3 Å². The summed E-state index contributed by atoms with van der Waals surface area (Å²) in [5.41, 5.74) is 1.65. The van der Waals surface area contributed by atoms with Crippen molar-refractivity contribution in [3.63, 3.8) is 0 Å². The fourth-order valence-electron chi connectivity index (χ4n) is 1.45. The molecule has 2 heterocycles. The minimum atomic E-state index is 0. The zero-order valence-corrected chi connectivity index (χ0v) is 11.4. The molecule has 3 aromatic rings. The van der Waals surface area contributed by atoms with E-state index in [-0.39, 0.29) is 20.1 Å². The Morgan fingerprint density at radius 1 is 1.44 bits per heavy atom. The van der Waals surface area contributed by atoms with E-state index in [1.807, 2.05) is 19.1 Å². The second-order valence-corrected chi connectivity index (χ2v) is 4.28. The number of benzene rings is 1. The predicted molar refractivity (Wildman–Crippen MR) is 56.5 cm³/mol. The first-order valence-electron chi connectivity index (χ1n) is 4.39. The summed E-state index contributed by atoms with van der Waals surface area (Å²) < 4.78 is 6.12. The van der Waals surface area contributed by atoms with Gasteiger partial charge in [0.2, 0.25) is 0 Å². The number of aryl methyl sites for hydroxylation is 1. The van der Waals surface area contributed by atoms with Gasteiger partial charge in [-0.15, -0.1) is 29.5 Å². The van der Waals surface area contributed by atoms with Crippen molar-refractivity contribution in [3.05, 3.63) is 29.5 Å². The number of fused-ring (bicyclic) bond motifs is 1. The summed E-state index contributed by atoms with van der Waals surface area (Å²) in [5.74, 6) is 0.464. The first kappa shape index (κ1) is 11.4. The molecule has 0 aliphatic rings. The third-order valence-electron chi connectivity index (χ3n) is 2.03. The van der Waals surface area contributed by atoms with Crippen LogP contribution in [0.25, 0.3) is 21.7 Å². The Labute approximate surface area is 109 Å². The topological polar surface area (TPSA) is 51.8 Å². The minimum absolute atomic E-state index is 0. The molecule has 6 heteroatoms. The summed E-state index contributed by atoms with van der Waals surface area (Å²) in [5, 5.41) is 4.60. The largest absolute Gasteiger partial charge is 0.382 e. The maximum absolute atomic E-state index is 5.01. The molecule has 3 rings (SSSR count). The number of thiazole rings is 1. The van der Waals surface area contributed by atoms with Gasteiger partial charge in [0.05, 0.1) is 5.01 Å². The Morgan fingerprint density at radius 2 is 2.31 bits per heavy atom. The van der Waals surface area contributed by atoms with Gasteiger partial charge in [0.25, 0.3) is 0 Å². The molecule has 0 saturated heterocycles. The Balaban J connectivity index is 0.000000963. The van der Waals surface area contributed by atoms with Crippen molar-refractivity contribution < 1.29 is 24.6 Å². The van der Waals surface area contributed by atoms with Crippen molar-refractivity contribution in [2.24, 2.45) is 0 Å². The molecule has 1 aromatic carbocycles. The average Bonchev–Trinajstić information content (AvgIpc) is 2.82. The van der Waals surface area contributed by atoms with Crippen LogP contribution in [0.2, 0.25) is 0 Å². The fraction of sp³-hybridized carbons (Fsp3) is 0.100. The molecule has 0 atom stereocenters. The van der Waals surface area contributed by atoms with E-state index in [0.29, 0.717) is 5.89 Å². The molecule has 0 aliphatic heterocycles. The summed E-state index contributed by atoms with van der Waals surface area (Å²) in [6, 6.07) is 6.91. The molecular formula is C10H6IrN3OS-. The zero-order valence-electron chi connectivity index (χ0n) is 8.22. The summed E-state index contributed by atoms with van der Waals surface area (Å²) in [6.45, 7) is 1.97. The smallest absolute Gasteiger partial charge is 0.174 e. The van der Waals surface area contributed by atoms with Gasteiger partial charge >= 0.3 is 0 Å². The summed E-state index contributed by atoms with van der Waals surface area (Å²) >= 11 is 1.64. The molecule has 0 fully saturated rings. The molecule has 2 aromatic heterocycles. The van der Waals surface area contributed by atoms with Crippen LogP contribution in [0.1, 0.15) is 5.01 Å². The SMILES string of the molecule is Cc1nc2c(-c3ncno3)[c-]ccc2s1.[Ir]. The second kappa shape index (κ2) is 4.41. The summed E-state index contributed by atoms with van der Waals surface area (Å²) in [7, 11) is 0. The van der Waals surface area contributed by atoms with Crippen molar-refractivity contribution in [2.45, 2.75) is 6.92 Å². The molecule has 16 heavy (non-hydrogen) atoms. The zero-order chi connectivity index (χ0) is 10.3. The molecular weight excluding hydrogens is 402 g/mol. The van der Waals surface area contributed by atoms with Gasteiger partial charge < -0.3 is 4.52 Å². The Hall–Kier alpha value is -1.10. The Morgan fingerprint density at radius 3 is 3.06 bits per heavy atom. The first-order valence-corrected chi connectivity index (χ1v) is 5.21. The van der Waals surface area contributed by atoms with Gasteiger partial charge in [-0.25, -0.2) is 4.98 Å². The van der Waals surface area contributed by atoms with Crippen molar-refractivity contribution in [1.82, 2.24) is 15.1 Å². The van der Waals surface area contributed by atoms with E-state index < -0.39 is 0 Å².